The van der Waals surface area contributed by atoms with Gasteiger partial charge in [0.25, 0.3) is 10.0 Å². The summed E-state index contributed by atoms with van der Waals surface area (Å²) >= 11 is 0.817. The van der Waals surface area contributed by atoms with Crippen LogP contribution in [-0.2, 0) is 40.7 Å². The highest BCUT2D eigenvalue weighted by atomic mass is 32.2. The van der Waals surface area contributed by atoms with Gasteiger partial charge in [-0.25, -0.2) is 31.7 Å². The van der Waals surface area contributed by atoms with Crippen LogP contribution in [0.1, 0.15) is 49.4 Å². The Morgan fingerprint density at radius 2 is 1.94 bits per heavy atom. The molecule has 6 rings (SSSR count). The van der Waals surface area contributed by atoms with Crippen LogP contribution in [0.2, 0.25) is 0 Å². The molecule has 0 spiro atoms. The van der Waals surface area contributed by atoms with Crippen LogP contribution < -0.4 is 24.9 Å². The van der Waals surface area contributed by atoms with E-state index in [0.29, 0.717) is 36.3 Å². The Hall–Kier alpha value is -4.96. The van der Waals surface area contributed by atoms with Crippen molar-refractivity contribution in [1.29, 1.82) is 0 Å². The van der Waals surface area contributed by atoms with Crippen LogP contribution in [0, 0.1) is 5.82 Å². The van der Waals surface area contributed by atoms with Crippen LogP contribution in [0.15, 0.2) is 69.0 Å². The summed E-state index contributed by atoms with van der Waals surface area (Å²) < 4.78 is 72.1. The van der Waals surface area contributed by atoms with Gasteiger partial charge in [-0.05, 0) is 68.9 Å². The minimum atomic E-state index is -4.62. The fourth-order valence-corrected chi connectivity index (χ4v) is 8.17. The third kappa shape index (κ3) is 7.16. The molecule has 0 saturated heterocycles. The number of anilines is 1. The first-order valence-electron chi connectivity index (χ1n) is 15.7. The lowest BCUT2D eigenvalue weighted by atomic mass is 9.85. The summed E-state index contributed by atoms with van der Waals surface area (Å²) in [5, 5.41) is 2.93. The number of benzene rings is 3. The van der Waals surface area contributed by atoms with E-state index in [2.05, 4.69) is 14.7 Å². The third-order valence-electron chi connectivity index (χ3n) is 8.29. The number of sulfonamides is 1. The zero-order valence-electron chi connectivity index (χ0n) is 28.1. The fourth-order valence-electron chi connectivity index (χ4n) is 5.98. The molecule has 13 nitrogen and oxygen atoms in total. The Morgan fingerprint density at radius 3 is 2.64 bits per heavy atom. The summed E-state index contributed by atoms with van der Waals surface area (Å²) in [5.41, 5.74) is 2.63. The monoisotopic (exact) mass is 725 g/mol. The number of carbonyl (C=O) groups is 1. The molecule has 5 aromatic rings. The number of alkyl carbamates (subject to hydrolysis) is 1. The molecule has 1 amide bonds. The van der Waals surface area contributed by atoms with Crippen LogP contribution in [0.25, 0.3) is 11.1 Å². The molecule has 1 atom stereocenters. The highest BCUT2D eigenvalue weighted by Gasteiger charge is 2.33. The van der Waals surface area contributed by atoms with Gasteiger partial charge in [0.1, 0.15) is 34.1 Å². The van der Waals surface area contributed by atoms with Gasteiger partial charge in [-0.15, -0.1) is 0 Å². The average molecular weight is 726 g/mol. The molecule has 264 valence electrons. The van der Waals surface area contributed by atoms with Gasteiger partial charge in [-0.1, -0.05) is 18.2 Å². The lowest BCUT2D eigenvalue weighted by molar-refractivity contribution is 0.0500. The molecular weight excluding hydrogens is 690 g/mol. The maximum atomic E-state index is 16.0. The smallest absolute Gasteiger partial charge is 0.420 e. The molecule has 50 heavy (non-hydrogen) atoms. The fraction of sp³-hybridized carbons (Fsp3) is 0.353. The summed E-state index contributed by atoms with van der Waals surface area (Å²) in [5.74, 6) is -1.02. The molecule has 0 saturated carbocycles. The molecule has 16 heteroatoms. The molecule has 0 fully saturated rings. The quantitative estimate of drug-likeness (QED) is 0.197. The molecule has 1 aliphatic carbocycles. The van der Waals surface area contributed by atoms with Crippen molar-refractivity contribution >= 4 is 43.9 Å². The number of methoxy groups -OCH3 is 2. The highest BCUT2D eigenvalue weighted by molar-refractivity contribution is 7.93. The van der Waals surface area contributed by atoms with Gasteiger partial charge < -0.3 is 23.9 Å². The Labute approximate surface area is 291 Å². The van der Waals surface area contributed by atoms with E-state index in [-0.39, 0.29) is 35.4 Å². The van der Waals surface area contributed by atoms with Crippen molar-refractivity contribution in [3.63, 3.8) is 0 Å². The van der Waals surface area contributed by atoms with Crippen molar-refractivity contribution in [3.8, 4) is 11.5 Å². The maximum Gasteiger partial charge on any atom is 0.420 e. The molecular formula is C34H36FN5O8S2. The number of aryl methyl sites for hydroxylation is 1. The van der Waals surface area contributed by atoms with E-state index < -0.39 is 38.2 Å². The van der Waals surface area contributed by atoms with E-state index in [1.807, 2.05) is 18.2 Å². The summed E-state index contributed by atoms with van der Waals surface area (Å²) in [6, 6.07) is 12.4. The van der Waals surface area contributed by atoms with Crippen molar-refractivity contribution in [1.82, 2.24) is 19.2 Å². The van der Waals surface area contributed by atoms with Crippen LogP contribution in [0.5, 0.6) is 11.5 Å². The zero-order chi connectivity index (χ0) is 35.8. The normalized spacial score (nSPS) is 14.6. The summed E-state index contributed by atoms with van der Waals surface area (Å²) in [6.45, 7) is 5.15. The second-order valence-corrected chi connectivity index (χ2v) is 15.3. The van der Waals surface area contributed by atoms with Crippen molar-refractivity contribution in [2.75, 3.05) is 18.5 Å². The van der Waals surface area contributed by atoms with E-state index >= 15 is 4.39 Å². The first-order chi connectivity index (χ1) is 23.8. The number of ether oxygens (including phenoxy) is 3. The van der Waals surface area contributed by atoms with Crippen LogP contribution in [-0.4, -0.2) is 54.3 Å². The van der Waals surface area contributed by atoms with Gasteiger partial charge in [-0.3, -0.25) is 4.57 Å². The number of hydrogen-bond donors (Lipinski definition) is 1. The maximum absolute atomic E-state index is 16.0. The van der Waals surface area contributed by atoms with Crippen LogP contribution in [0.4, 0.5) is 14.3 Å². The Morgan fingerprint density at radius 1 is 1.14 bits per heavy atom. The van der Waals surface area contributed by atoms with Gasteiger partial charge in [0.2, 0.25) is 5.13 Å². The van der Waals surface area contributed by atoms with Crippen molar-refractivity contribution < 1.29 is 36.2 Å². The lowest BCUT2D eigenvalue weighted by Crippen LogP contribution is -2.42. The first kappa shape index (κ1) is 34.9. The number of rotatable bonds is 10. The van der Waals surface area contributed by atoms with E-state index in [1.54, 1.807) is 39.0 Å². The minimum absolute atomic E-state index is 0.00490. The third-order valence-corrected chi connectivity index (χ3v) is 10.8. The molecule has 3 aromatic carbocycles. The zero-order valence-corrected chi connectivity index (χ0v) is 29.7. The molecule has 2 aromatic heterocycles. The van der Waals surface area contributed by atoms with Crippen molar-refractivity contribution in [2.45, 2.75) is 69.7 Å². The standard InChI is InChI=1S/C34H36FN5O8S2/c1-34(2,3)48-32(41)38-23-11-9-20-7-6-8-21(25(20)13-23)17-39-27-15-26(35)30(16-29(27)47-33(39)42)50(43,44)40(31-36-19-37-49-31)18-22-10-12-24(45-4)14-28(22)46-5/h6-8,10,12,14-16,19,23H,9,11,13,17-18H2,1-5H3,(H,38,41). The van der Waals surface area contributed by atoms with E-state index in [9.17, 15) is 18.0 Å². The topological polar surface area (TPSA) is 155 Å². The number of halogens is 1. The number of nitrogens with one attached hydrogen (secondary N) is 1. The van der Waals surface area contributed by atoms with Crippen LogP contribution in [0.3, 0.4) is 0 Å². The second-order valence-electron chi connectivity index (χ2n) is 12.8. The van der Waals surface area contributed by atoms with Crippen molar-refractivity contribution in [3.05, 3.63) is 93.5 Å². The van der Waals surface area contributed by atoms with Gasteiger partial charge in [0.15, 0.2) is 5.58 Å². The number of aromatic nitrogens is 3. The SMILES string of the molecule is COc1ccc(CN(c2ncns2)S(=O)(=O)c2cc3oc(=O)n(Cc4cccc5c4CC(NC(=O)OC(C)(C)C)CC5)c3cc2F)c(OC)c1. The number of fused-ring (bicyclic) bond motifs is 2. The van der Waals surface area contributed by atoms with E-state index in [4.69, 9.17) is 18.6 Å². The predicted molar refractivity (Wildman–Crippen MR) is 184 cm³/mol. The number of amides is 1. The van der Waals surface area contributed by atoms with Crippen LogP contribution >= 0.6 is 11.5 Å². The summed E-state index contributed by atoms with van der Waals surface area (Å²) in [6.07, 6.45) is 2.62. The minimum Gasteiger partial charge on any atom is -0.497 e. The number of oxazole rings is 1. The van der Waals surface area contributed by atoms with E-state index in [1.165, 1.54) is 25.1 Å². The molecule has 0 aliphatic heterocycles. The first-order valence-corrected chi connectivity index (χ1v) is 17.9. The molecule has 2 heterocycles. The highest BCUT2D eigenvalue weighted by Crippen LogP contribution is 2.34. The van der Waals surface area contributed by atoms with Gasteiger partial charge >= 0.3 is 11.8 Å². The van der Waals surface area contributed by atoms with Crippen molar-refractivity contribution in [2.24, 2.45) is 0 Å². The number of carbonyl (C=O) groups excluding carboxylic acids is 1. The molecule has 0 radical (unpaired) electrons. The van der Waals surface area contributed by atoms with Gasteiger partial charge in [-0.2, -0.15) is 4.37 Å². The van der Waals surface area contributed by atoms with E-state index in [0.717, 1.165) is 44.7 Å². The molecule has 1 N–H and O–H groups in total. The van der Waals surface area contributed by atoms with Gasteiger partial charge in [0.05, 0.1) is 32.8 Å². The Kier molecular flexibility index (Phi) is 9.59. The second kappa shape index (κ2) is 13.7. The Balaban J connectivity index is 1.32. The summed E-state index contributed by atoms with van der Waals surface area (Å²) in [4.78, 5) is 29.0. The predicted octanol–water partition coefficient (Wildman–Crippen LogP) is 5.43. The molecule has 0 bridgehead atoms. The average Bonchev–Trinajstić information content (AvgIpc) is 3.70. The summed E-state index contributed by atoms with van der Waals surface area (Å²) in [7, 11) is -1.69. The molecule has 1 unspecified atom stereocenters. The largest absolute Gasteiger partial charge is 0.497 e. The lowest BCUT2D eigenvalue weighted by Gasteiger charge is -2.29. The number of hydrogen-bond acceptors (Lipinski definition) is 11. The number of nitrogens with zero attached hydrogens (tertiary/aromatic N) is 4. The molecule has 1 aliphatic rings. The Bertz CT molecular complexity index is 2210. The van der Waals surface area contributed by atoms with Gasteiger partial charge in [0, 0.05) is 41.3 Å².